The number of likely N-dealkylation sites (N-methyl/N-ethyl adjacent to an activating group) is 1. The third-order valence-electron chi connectivity index (χ3n) is 6.56. The summed E-state index contributed by atoms with van der Waals surface area (Å²) in [5.74, 6) is 0.255. The molecule has 0 atom stereocenters. The molecule has 0 amide bonds. The van der Waals surface area contributed by atoms with Gasteiger partial charge in [0.25, 0.3) is 0 Å². The molecule has 2 rings (SSSR count). The van der Waals surface area contributed by atoms with Crippen LogP contribution in [-0.4, -0.2) is 47.7 Å². The average Bonchev–Trinajstić information content (AvgIpc) is 3.07. The minimum atomic E-state index is -2.70. The van der Waals surface area contributed by atoms with Gasteiger partial charge in [-0.25, -0.2) is 0 Å². The number of carbonyl (C=O) groups is 1. The molecular weight excluding hydrogens is 529 g/mol. The van der Waals surface area contributed by atoms with Crippen molar-refractivity contribution in [3.05, 3.63) is 27.3 Å². The van der Waals surface area contributed by atoms with Crippen LogP contribution in [-0.2, 0) is 3.07 Å². The second-order valence-electron chi connectivity index (χ2n) is 10.1. The minimum absolute atomic E-state index is 0.419. The second kappa shape index (κ2) is 15.9. The zero-order valence-electron chi connectivity index (χ0n) is 21.3. The molecule has 6 heteroatoms. The van der Waals surface area contributed by atoms with E-state index in [2.05, 4.69) is 21.0 Å². The molecule has 0 saturated heterocycles. The van der Waals surface area contributed by atoms with Crippen LogP contribution >= 0.6 is 20.6 Å². The number of hydrogen-bond donors (Lipinski definition) is 1. The summed E-state index contributed by atoms with van der Waals surface area (Å²) in [6.45, 7) is 4.99. The molecule has 1 aromatic rings. The number of quaternary nitrogens is 1. The van der Waals surface area contributed by atoms with Crippen molar-refractivity contribution in [2.45, 2.75) is 96.8 Å². The van der Waals surface area contributed by atoms with E-state index in [1.165, 1.54) is 89.9 Å². The Kier molecular flexibility index (Phi) is 13.7. The number of halogens is 1. The van der Waals surface area contributed by atoms with Crippen molar-refractivity contribution in [1.82, 2.24) is 0 Å². The summed E-state index contributed by atoms with van der Waals surface area (Å²) < 4.78 is 22.3. The molecule has 1 N–H and O–H groups in total. The van der Waals surface area contributed by atoms with Gasteiger partial charge in [0.2, 0.25) is 0 Å². The summed E-state index contributed by atoms with van der Waals surface area (Å²) in [6, 6.07) is 5.31. The van der Waals surface area contributed by atoms with Crippen molar-refractivity contribution in [3.63, 3.8) is 0 Å². The number of rotatable bonds is 19. The van der Waals surface area contributed by atoms with Gasteiger partial charge >= 0.3 is 133 Å². The van der Waals surface area contributed by atoms with Gasteiger partial charge in [-0.05, 0) is 0 Å². The van der Waals surface area contributed by atoms with E-state index in [4.69, 9.17) is 7.80 Å². The summed E-state index contributed by atoms with van der Waals surface area (Å²) in [7, 11) is 4.52. The summed E-state index contributed by atoms with van der Waals surface area (Å²) in [5.41, 5.74) is 0.469. The topological polar surface area (TPSA) is 55.8 Å². The van der Waals surface area contributed by atoms with Crippen LogP contribution in [0.4, 0.5) is 0 Å². The Morgan fingerprint density at radius 3 is 1.97 bits per heavy atom. The fourth-order valence-electron chi connectivity index (χ4n) is 4.30. The number of benzene rings is 1. The number of unbranched alkanes of at least 4 members (excludes halogenated alkanes) is 13. The molecule has 5 nitrogen and oxygen atoms in total. The molecule has 0 spiro atoms. The third-order valence-corrected chi connectivity index (χ3v) is 9.31. The quantitative estimate of drug-likeness (QED) is 0.107. The van der Waals surface area contributed by atoms with Gasteiger partial charge in [0.05, 0.1) is 0 Å². The molecule has 0 unspecified atom stereocenters. The van der Waals surface area contributed by atoms with E-state index in [1.54, 1.807) is 12.1 Å². The van der Waals surface area contributed by atoms with Crippen LogP contribution in [0.2, 0.25) is 0 Å². The first-order chi connectivity index (χ1) is 15.9. The zero-order chi connectivity index (χ0) is 23.9. The molecule has 0 aliphatic carbocycles. The van der Waals surface area contributed by atoms with Gasteiger partial charge in [-0.2, -0.15) is 0 Å². The van der Waals surface area contributed by atoms with E-state index < -0.39 is 26.6 Å². The summed E-state index contributed by atoms with van der Waals surface area (Å²) >= 11 is -2.70. The van der Waals surface area contributed by atoms with E-state index >= 15 is 0 Å². The molecule has 0 saturated carbocycles. The number of nitrogens with zero attached hydrogens (tertiary/aromatic N) is 1. The molecule has 1 aliphatic rings. The van der Waals surface area contributed by atoms with Crippen LogP contribution in [0.1, 0.15) is 107 Å². The second-order valence-corrected chi connectivity index (χ2v) is 13.0. The average molecular weight is 577 g/mol. The van der Waals surface area contributed by atoms with E-state index in [0.717, 1.165) is 17.6 Å². The van der Waals surface area contributed by atoms with Gasteiger partial charge in [0.1, 0.15) is 0 Å². The first-order valence-electron chi connectivity index (χ1n) is 13.1. The Bertz CT molecular complexity index is 695. The van der Waals surface area contributed by atoms with Crippen molar-refractivity contribution in [2.75, 3.05) is 33.8 Å². The van der Waals surface area contributed by atoms with Crippen LogP contribution < -0.4 is 4.74 Å². The van der Waals surface area contributed by atoms with Crippen LogP contribution in [0.15, 0.2) is 18.2 Å². The van der Waals surface area contributed by atoms with Gasteiger partial charge < -0.3 is 0 Å². The first-order valence-corrected chi connectivity index (χ1v) is 16.1. The zero-order valence-corrected chi connectivity index (χ0v) is 23.4. The van der Waals surface area contributed by atoms with E-state index in [-0.39, 0.29) is 0 Å². The van der Waals surface area contributed by atoms with Crippen LogP contribution in [0.25, 0.3) is 0 Å². The Hall–Kier alpha value is -0.860. The van der Waals surface area contributed by atoms with Gasteiger partial charge in [-0.3, -0.25) is 0 Å². The molecule has 0 fully saturated rings. The van der Waals surface area contributed by atoms with Crippen LogP contribution in [0.3, 0.4) is 0 Å². The maximum atomic E-state index is 11.8. The fraction of sp³-hybridized carbons (Fsp3) is 0.741. The molecule has 190 valence electrons. The van der Waals surface area contributed by atoms with E-state index in [0.29, 0.717) is 21.5 Å². The van der Waals surface area contributed by atoms with E-state index in [9.17, 15) is 8.23 Å². The van der Waals surface area contributed by atoms with Crippen LogP contribution in [0.5, 0.6) is 5.75 Å². The van der Waals surface area contributed by atoms with Gasteiger partial charge in [-0.1, -0.05) is 77.6 Å². The molecule has 1 aliphatic heterocycles. The molecule has 1 aromatic carbocycles. The number of ether oxygens (including phenoxy) is 1. The Morgan fingerprint density at radius 2 is 1.39 bits per heavy atom. The predicted molar refractivity (Wildman–Crippen MR) is 144 cm³/mol. The van der Waals surface area contributed by atoms with Gasteiger partial charge in [0, 0.05) is 0 Å². The normalized spacial score (nSPS) is 14.4. The summed E-state index contributed by atoms with van der Waals surface area (Å²) in [6.07, 6.45) is 19.5. The molecule has 0 bridgehead atoms. The van der Waals surface area contributed by atoms with Crippen molar-refractivity contribution in [1.29, 1.82) is 0 Å². The Balaban J connectivity index is 1.45. The summed E-state index contributed by atoms with van der Waals surface area (Å²) in [5, 5.41) is 0. The SMILES string of the molecule is CCCCCCCCCCCCCCCC[N+](C)(C)CCOc1ccc2c(c1)C(=O)OI2O. The van der Waals surface area contributed by atoms with Crippen LogP contribution in [0, 0.1) is 3.57 Å². The van der Waals surface area contributed by atoms with E-state index in [1.807, 2.05) is 6.07 Å². The van der Waals surface area contributed by atoms with Gasteiger partial charge in [-0.15, -0.1) is 0 Å². The van der Waals surface area contributed by atoms with Crippen molar-refractivity contribution in [3.8, 4) is 5.75 Å². The molecular formula is C27H47INO4+. The predicted octanol–water partition coefficient (Wildman–Crippen LogP) is 7.29. The van der Waals surface area contributed by atoms with Crippen molar-refractivity contribution in [2.24, 2.45) is 0 Å². The molecule has 33 heavy (non-hydrogen) atoms. The first kappa shape index (κ1) is 28.4. The van der Waals surface area contributed by atoms with Crippen molar-refractivity contribution >= 4 is 26.6 Å². The number of hydrogen-bond acceptors (Lipinski definition) is 4. The maximum absolute atomic E-state index is 11.8. The number of fused-ring (bicyclic) bond motifs is 1. The number of carbonyl (C=O) groups excluding carboxylic acids is 1. The molecule has 0 aromatic heterocycles. The van der Waals surface area contributed by atoms with Gasteiger partial charge in [0.15, 0.2) is 0 Å². The summed E-state index contributed by atoms with van der Waals surface area (Å²) in [4.78, 5) is 11.8. The Morgan fingerprint density at radius 1 is 0.848 bits per heavy atom. The van der Waals surface area contributed by atoms with Crippen molar-refractivity contribution < 1.29 is 20.5 Å². The fourth-order valence-corrected chi connectivity index (χ4v) is 6.51. The standard InChI is InChI=1S/C27H47INO4/c1-4-5-6-7-8-9-10-11-12-13-14-15-16-17-20-29(2,3)21-22-32-24-18-19-26-25(23-24)27(30)33-28(26)31/h18-19,23,31H,4-17,20-22H2,1-3H3/q+1. The monoisotopic (exact) mass is 576 g/mol. The molecule has 0 radical (unpaired) electrons. The Labute approximate surface area is 210 Å². The third kappa shape index (κ3) is 11.4. The molecule has 1 heterocycles.